The van der Waals surface area contributed by atoms with Crippen molar-refractivity contribution in [2.24, 2.45) is 0 Å². The summed E-state index contributed by atoms with van der Waals surface area (Å²) in [5.74, 6) is -0.985. The van der Waals surface area contributed by atoms with Crippen LogP contribution in [0.5, 0.6) is 11.5 Å². The van der Waals surface area contributed by atoms with Crippen molar-refractivity contribution in [3.05, 3.63) is 23.8 Å². The maximum Gasteiger partial charge on any atom is 0.282 e. The summed E-state index contributed by atoms with van der Waals surface area (Å²) >= 11 is 0. The zero-order valence-electron chi connectivity index (χ0n) is 12.7. The third-order valence-electron chi connectivity index (χ3n) is 3.79. The van der Waals surface area contributed by atoms with E-state index in [1.807, 2.05) is 0 Å². The van der Waals surface area contributed by atoms with Crippen LogP contribution < -0.4 is 9.47 Å². The van der Waals surface area contributed by atoms with Crippen molar-refractivity contribution in [1.82, 2.24) is 0 Å². The molecule has 1 aromatic carbocycles. The van der Waals surface area contributed by atoms with E-state index >= 15 is 0 Å². The summed E-state index contributed by atoms with van der Waals surface area (Å²) in [7, 11) is 3.11. The molecular formula is C16H24O5. The van der Waals surface area contributed by atoms with E-state index < -0.39 is 5.97 Å². The lowest BCUT2D eigenvalue weighted by Crippen LogP contribution is -2.39. The first kappa shape index (κ1) is 16.1. The van der Waals surface area contributed by atoms with E-state index in [1.165, 1.54) is 6.42 Å². The van der Waals surface area contributed by atoms with E-state index in [4.69, 9.17) is 14.2 Å². The maximum atomic E-state index is 10.1. The van der Waals surface area contributed by atoms with E-state index in [2.05, 4.69) is 0 Å². The van der Waals surface area contributed by atoms with Crippen molar-refractivity contribution in [3.8, 4) is 11.5 Å². The van der Waals surface area contributed by atoms with Gasteiger partial charge in [-0.3, -0.25) is 0 Å². The Kier molecular flexibility index (Phi) is 5.45. The Morgan fingerprint density at radius 3 is 2.33 bits per heavy atom. The second-order valence-corrected chi connectivity index (χ2v) is 5.49. The monoisotopic (exact) mass is 296 g/mol. The Bertz CT molecular complexity index is 452. The predicted octanol–water partition coefficient (Wildman–Crippen LogP) is 2.23. The number of ether oxygens (including phenoxy) is 3. The predicted molar refractivity (Wildman–Crippen MR) is 78.4 cm³/mol. The van der Waals surface area contributed by atoms with Crippen molar-refractivity contribution in [2.45, 2.75) is 50.6 Å². The van der Waals surface area contributed by atoms with Gasteiger partial charge in [0.2, 0.25) is 0 Å². The number of hydrogen-bond donors (Lipinski definition) is 2. The van der Waals surface area contributed by atoms with Gasteiger partial charge in [0, 0.05) is 0 Å². The van der Waals surface area contributed by atoms with E-state index in [1.54, 1.807) is 32.4 Å². The molecule has 1 aliphatic rings. The van der Waals surface area contributed by atoms with E-state index in [-0.39, 0.29) is 12.5 Å². The molecule has 1 aliphatic carbocycles. The normalized spacial score (nSPS) is 16.8. The molecule has 0 unspecified atom stereocenters. The van der Waals surface area contributed by atoms with Crippen LogP contribution in [0.2, 0.25) is 0 Å². The Labute approximate surface area is 125 Å². The van der Waals surface area contributed by atoms with Gasteiger partial charge in [-0.2, -0.15) is 0 Å². The SMILES string of the molecule is COc1ccc(CC(O)(O)OC2CCCCC2)cc1OC. The van der Waals surface area contributed by atoms with Gasteiger partial charge in [0.05, 0.1) is 26.7 Å². The Morgan fingerprint density at radius 2 is 1.71 bits per heavy atom. The van der Waals surface area contributed by atoms with Crippen molar-refractivity contribution in [1.29, 1.82) is 0 Å². The Morgan fingerprint density at radius 1 is 1.05 bits per heavy atom. The van der Waals surface area contributed by atoms with Crippen LogP contribution in [0.25, 0.3) is 0 Å². The third-order valence-corrected chi connectivity index (χ3v) is 3.79. The van der Waals surface area contributed by atoms with Gasteiger partial charge in [-0.25, -0.2) is 0 Å². The fourth-order valence-electron chi connectivity index (χ4n) is 2.75. The van der Waals surface area contributed by atoms with Crippen LogP contribution in [0.4, 0.5) is 0 Å². The molecule has 5 nitrogen and oxygen atoms in total. The van der Waals surface area contributed by atoms with Gasteiger partial charge in [0.25, 0.3) is 5.97 Å². The van der Waals surface area contributed by atoms with E-state index in [0.717, 1.165) is 25.7 Å². The zero-order valence-corrected chi connectivity index (χ0v) is 12.7. The van der Waals surface area contributed by atoms with Crippen LogP contribution in [0.1, 0.15) is 37.7 Å². The van der Waals surface area contributed by atoms with Gasteiger partial charge in [-0.1, -0.05) is 25.3 Å². The molecule has 0 aliphatic heterocycles. The van der Waals surface area contributed by atoms with Crippen LogP contribution in [0.3, 0.4) is 0 Å². The average molecular weight is 296 g/mol. The molecule has 2 rings (SSSR count). The minimum absolute atomic E-state index is 0.0101. The van der Waals surface area contributed by atoms with Crippen LogP contribution in [0.15, 0.2) is 18.2 Å². The summed E-state index contributed by atoms with van der Waals surface area (Å²) in [5, 5.41) is 20.1. The topological polar surface area (TPSA) is 68.2 Å². The second-order valence-electron chi connectivity index (χ2n) is 5.49. The summed E-state index contributed by atoms with van der Waals surface area (Å²) < 4.78 is 15.8. The molecule has 0 aromatic heterocycles. The standard InChI is InChI=1S/C16H24O5/c1-19-14-9-8-12(10-15(14)20-2)11-16(17,18)21-13-6-4-3-5-7-13/h8-10,13,17-18H,3-7,11H2,1-2H3. The van der Waals surface area contributed by atoms with Gasteiger partial charge in [-0.05, 0) is 30.5 Å². The Hall–Kier alpha value is -1.30. The van der Waals surface area contributed by atoms with E-state index in [0.29, 0.717) is 17.1 Å². The minimum atomic E-state index is -2.15. The fourth-order valence-corrected chi connectivity index (χ4v) is 2.75. The van der Waals surface area contributed by atoms with Crippen molar-refractivity contribution in [2.75, 3.05) is 14.2 Å². The lowest BCUT2D eigenvalue weighted by molar-refractivity contribution is -0.355. The molecule has 1 aromatic rings. The number of hydrogen-bond acceptors (Lipinski definition) is 5. The third kappa shape index (κ3) is 4.59. The first-order valence-corrected chi connectivity index (χ1v) is 7.37. The maximum absolute atomic E-state index is 10.1. The molecular weight excluding hydrogens is 272 g/mol. The molecule has 0 bridgehead atoms. The van der Waals surface area contributed by atoms with Crippen molar-refractivity contribution < 1.29 is 24.4 Å². The second kappa shape index (κ2) is 7.11. The molecule has 0 atom stereocenters. The van der Waals surface area contributed by atoms with Gasteiger partial charge in [0.15, 0.2) is 11.5 Å². The average Bonchev–Trinajstić information content (AvgIpc) is 2.47. The van der Waals surface area contributed by atoms with Crippen molar-refractivity contribution >= 4 is 0 Å². The summed E-state index contributed by atoms with van der Waals surface area (Å²) in [4.78, 5) is 0. The van der Waals surface area contributed by atoms with Gasteiger partial charge in [0.1, 0.15) is 0 Å². The van der Waals surface area contributed by atoms with Crippen LogP contribution in [-0.2, 0) is 11.2 Å². The summed E-state index contributed by atoms with van der Waals surface area (Å²) in [6.07, 6.45) is 5.04. The smallest absolute Gasteiger partial charge is 0.282 e. The highest BCUT2D eigenvalue weighted by molar-refractivity contribution is 5.43. The molecule has 0 saturated heterocycles. The molecule has 0 heterocycles. The van der Waals surface area contributed by atoms with Gasteiger partial charge in [-0.15, -0.1) is 0 Å². The lowest BCUT2D eigenvalue weighted by Gasteiger charge is -2.30. The summed E-state index contributed by atoms with van der Waals surface area (Å²) in [6, 6.07) is 5.24. The van der Waals surface area contributed by atoms with Crippen molar-refractivity contribution in [3.63, 3.8) is 0 Å². The van der Waals surface area contributed by atoms with Crippen LogP contribution >= 0.6 is 0 Å². The van der Waals surface area contributed by atoms with Gasteiger partial charge >= 0.3 is 0 Å². The Balaban J connectivity index is 2.01. The number of rotatable bonds is 6. The lowest BCUT2D eigenvalue weighted by atomic mass is 9.97. The molecule has 118 valence electrons. The molecule has 2 N–H and O–H groups in total. The largest absolute Gasteiger partial charge is 0.493 e. The molecule has 0 amide bonds. The highest BCUT2D eigenvalue weighted by Gasteiger charge is 2.30. The number of aliphatic hydroxyl groups is 2. The van der Waals surface area contributed by atoms with Crippen LogP contribution in [0, 0.1) is 0 Å². The fraction of sp³-hybridized carbons (Fsp3) is 0.625. The summed E-state index contributed by atoms with van der Waals surface area (Å²) in [5.41, 5.74) is 0.716. The van der Waals surface area contributed by atoms with Crippen LogP contribution in [-0.4, -0.2) is 36.5 Å². The first-order valence-electron chi connectivity index (χ1n) is 7.37. The number of methoxy groups -OCH3 is 2. The highest BCUT2D eigenvalue weighted by atomic mass is 16.8. The molecule has 1 saturated carbocycles. The number of benzene rings is 1. The first-order chi connectivity index (χ1) is 10.0. The zero-order chi connectivity index (χ0) is 15.3. The molecule has 21 heavy (non-hydrogen) atoms. The molecule has 5 heteroatoms. The molecule has 0 radical (unpaired) electrons. The molecule has 1 fully saturated rings. The summed E-state index contributed by atoms with van der Waals surface area (Å²) in [6.45, 7) is 0. The molecule has 0 spiro atoms. The minimum Gasteiger partial charge on any atom is -0.493 e. The highest BCUT2D eigenvalue weighted by Crippen LogP contribution is 2.30. The van der Waals surface area contributed by atoms with Gasteiger partial charge < -0.3 is 24.4 Å². The quantitative estimate of drug-likeness (QED) is 0.788. The van der Waals surface area contributed by atoms with E-state index in [9.17, 15) is 10.2 Å².